The Kier molecular flexibility index (Phi) is 7.60. The molecule has 6 heteroatoms. The van der Waals surface area contributed by atoms with E-state index in [4.69, 9.17) is 19.9 Å². The number of benzene rings is 7. The zero-order valence-electron chi connectivity index (χ0n) is 30.0. The quantitative estimate of drug-likeness (QED) is 0.171. The van der Waals surface area contributed by atoms with Crippen LogP contribution in [-0.2, 0) is 0 Å². The number of pyridine rings is 1. The molecule has 4 heterocycles. The molecule has 0 unspecified atom stereocenters. The van der Waals surface area contributed by atoms with Crippen LogP contribution in [0.1, 0.15) is 0 Å². The minimum absolute atomic E-state index is 0.629. The second kappa shape index (κ2) is 13.2. The molecule has 4 aromatic heterocycles. The fourth-order valence-electron chi connectivity index (χ4n) is 7.86. The van der Waals surface area contributed by atoms with Gasteiger partial charge in [0.1, 0.15) is 4.83 Å². The maximum atomic E-state index is 5.55. The molecular weight excluding hydrogens is 703 g/mol. The molecule has 0 atom stereocenters. The van der Waals surface area contributed by atoms with Gasteiger partial charge in [0, 0.05) is 55.0 Å². The molecule has 0 spiro atoms. The summed E-state index contributed by atoms with van der Waals surface area (Å²) < 4.78 is 3.60. The van der Waals surface area contributed by atoms with Gasteiger partial charge in [-0.3, -0.25) is 0 Å². The van der Waals surface area contributed by atoms with Gasteiger partial charge in [-0.1, -0.05) is 170 Å². The van der Waals surface area contributed by atoms with Crippen molar-refractivity contribution in [3.8, 4) is 62.2 Å². The fourth-order valence-corrected chi connectivity index (χ4v) is 9.24. The molecule has 0 amide bonds. The van der Waals surface area contributed by atoms with Crippen LogP contribution in [0.15, 0.2) is 188 Å². The predicted octanol–water partition coefficient (Wildman–Crippen LogP) is 13.1. The molecule has 11 aromatic rings. The summed E-state index contributed by atoms with van der Waals surface area (Å²) in [5, 5.41) is 4.88. The van der Waals surface area contributed by atoms with Gasteiger partial charge in [0.15, 0.2) is 17.5 Å². The maximum absolute atomic E-state index is 5.55. The molecule has 262 valence electrons. The Hall–Kier alpha value is -7.28. The van der Waals surface area contributed by atoms with Gasteiger partial charge in [0.05, 0.1) is 21.4 Å². The van der Waals surface area contributed by atoms with Gasteiger partial charge in [-0.2, -0.15) is 0 Å². The van der Waals surface area contributed by atoms with Crippen molar-refractivity contribution in [1.82, 2.24) is 24.5 Å². The molecule has 5 nitrogen and oxygen atoms in total. The van der Waals surface area contributed by atoms with Gasteiger partial charge >= 0.3 is 0 Å². The van der Waals surface area contributed by atoms with Gasteiger partial charge in [0.2, 0.25) is 0 Å². The minimum atomic E-state index is 0.629. The van der Waals surface area contributed by atoms with E-state index in [1.54, 1.807) is 0 Å². The summed E-state index contributed by atoms with van der Waals surface area (Å²) in [4.78, 5) is 21.6. The van der Waals surface area contributed by atoms with E-state index >= 15 is 0 Å². The van der Waals surface area contributed by atoms with Crippen molar-refractivity contribution in [2.45, 2.75) is 0 Å². The molecule has 0 radical (unpaired) electrons. The molecule has 0 aliphatic rings. The number of thiophene rings is 1. The van der Waals surface area contributed by atoms with Crippen molar-refractivity contribution in [2.24, 2.45) is 0 Å². The predicted molar refractivity (Wildman–Crippen MR) is 232 cm³/mol. The van der Waals surface area contributed by atoms with Crippen molar-refractivity contribution in [3.05, 3.63) is 188 Å². The second-order valence-corrected chi connectivity index (χ2v) is 14.8. The first-order valence-corrected chi connectivity index (χ1v) is 19.5. The summed E-state index contributed by atoms with van der Waals surface area (Å²) in [5.74, 6) is 1.92. The van der Waals surface area contributed by atoms with Gasteiger partial charge in [-0.25, -0.2) is 19.9 Å². The highest BCUT2D eigenvalue weighted by molar-refractivity contribution is 7.26. The van der Waals surface area contributed by atoms with E-state index in [9.17, 15) is 0 Å². The molecular formula is C50H31N5S. The number of rotatable bonds is 6. The highest BCUT2D eigenvalue weighted by Gasteiger charge is 2.23. The lowest BCUT2D eigenvalue weighted by atomic mass is 9.97. The largest absolute Gasteiger partial charge is 0.301 e. The SMILES string of the molecule is c1ccc(-c2nc(-c3ccccc3)nc(-c3ccc(-c4cccc5c4nc(-c4ccccc4)c4sc6c(c7ccccc7n6-c6ccccc6)c45)cc3)n2)cc1. The number of fused-ring (bicyclic) bond motifs is 7. The van der Waals surface area contributed by atoms with E-state index in [1.807, 2.05) is 72.0 Å². The van der Waals surface area contributed by atoms with E-state index in [1.165, 1.54) is 31.2 Å². The summed E-state index contributed by atoms with van der Waals surface area (Å²) in [6, 6.07) is 65.3. The molecule has 56 heavy (non-hydrogen) atoms. The Morgan fingerprint density at radius 3 is 1.50 bits per heavy atom. The third-order valence-corrected chi connectivity index (χ3v) is 11.6. The zero-order valence-corrected chi connectivity index (χ0v) is 30.9. The van der Waals surface area contributed by atoms with Gasteiger partial charge in [0.25, 0.3) is 0 Å². The molecule has 0 aliphatic heterocycles. The van der Waals surface area contributed by atoms with Gasteiger partial charge in [-0.05, 0) is 23.8 Å². The Morgan fingerprint density at radius 2 is 0.875 bits per heavy atom. The number of aromatic nitrogens is 5. The van der Waals surface area contributed by atoms with Crippen LogP contribution in [0.5, 0.6) is 0 Å². The second-order valence-electron chi connectivity index (χ2n) is 13.8. The van der Waals surface area contributed by atoms with Crippen LogP contribution in [0.3, 0.4) is 0 Å². The van der Waals surface area contributed by atoms with Crippen molar-refractivity contribution >= 4 is 53.4 Å². The molecule has 0 saturated heterocycles. The lowest BCUT2D eigenvalue weighted by molar-refractivity contribution is 1.07. The third kappa shape index (κ3) is 5.30. The molecule has 0 N–H and O–H groups in total. The third-order valence-electron chi connectivity index (χ3n) is 10.5. The van der Waals surface area contributed by atoms with Gasteiger partial charge in [-0.15, -0.1) is 11.3 Å². The zero-order chi connectivity index (χ0) is 37.0. The lowest BCUT2D eigenvalue weighted by Crippen LogP contribution is -2.00. The molecule has 0 saturated carbocycles. The van der Waals surface area contributed by atoms with Crippen molar-refractivity contribution in [2.75, 3.05) is 0 Å². The fraction of sp³-hybridized carbons (Fsp3) is 0. The van der Waals surface area contributed by atoms with Crippen LogP contribution >= 0.6 is 11.3 Å². The highest BCUT2D eigenvalue weighted by atomic mass is 32.1. The monoisotopic (exact) mass is 733 g/mol. The first-order valence-electron chi connectivity index (χ1n) is 18.7. The smallest absolute Gasteiger partial charge is 0.164 e. The highest BCUT2D eigenvalue weighted by Crippen LogP contribution is 2.48. The summed E-state index contributed by atoms with van der Waals surface area (Å²) >= 11 is 1.83. The van der Waals surface area contributed by atoms with Crippen LogP contribution in [0, 0.1) is 0 Å². The van der Waals surface area contributed by atoms with Crippen molar-refractivity contribution in [3.63, 3.8) is 0 Å². The first-order chi connectivity index (χ1) is 27.8. The molecule has 0 aliphatic carbocycles. The van der Waals surface area contributed by atoms with Crippen molar-refractivity contribution < 1.29 is 0 Å². The maximum Gasteiger partial charge on any atom is 0.164 e. The first kappa shape index (κ1) is 32.2. The number of para-hydroxylation sites is 3. The average Bonchev–Trinajstić information content (AvgIpc) is 3.82. The van der Waals surface area contributed by atoms with E-state index in [2.05, 4.69) is 132 Å². The topological polar surface area (TPSA) is 56.5 Å². The van der Waals surface area contributed by atoms with E-state index in [0.29, 0.717) is 17.5 Å². The Balaban J connectivity index is 1.12. The number of nitrogens with zero attached hydrogens (tertiary/aromatic N) is 5. The van der Waals surface area contributed by atoms with Crippen LogP contribution in [0.2, 0.25) is 0 Å². The van der Waals surface area contributed by atoms with Crippen molar-refractivity contribution in [1.29, 1.82) is 0 Å². The number of hydrogen-bond donors (Lipinski definition) is 0. The van der Waals surface area contributed by atoms with E-state index in [0.717, 1.165) is 55.7 Å². The van der Waals surface area contributed by atoms with Crippen LogP contribution in [0.4, 0.5) is 0 Å². The Bertz CT molecular complexity index is 3150. The van der Waals surface area contributed by atoms with Gasteiger partial charge < -0.3 is 4.57 Å². The molecule has 11 rings (SSSR count). The lowest BCUT2D eigenvalue weighted by Gasteiger charge is -2.12. The molecule has 7 aromatic carbocycles. The Morgan fingerprint density at radius 1 is 0.375 bits per heavy atom. The van der Waals surface area contributed by atoms with Crippen LogP contribution in [-0.4, -0.2) is 24.5 Å². The average molecular weight is 734 g/mol. The Labute approximate surface area is 326 Å². The standard InChI is InChI=1S/C50H31N5S/c1-5-16-33(17-6-1)44-46-42(43-39-24-13-14-27-41(39)55(50(43)56-46)37-22-11-4-12-23-37)40-26-15-25-38(45(40)51-44)32-28-30-36(31-29-32)49-53-47(34-18-7-2-8-19-34)52-48(54-49)35-20-9-3-10-21-35/h1-31H. The normalized spacial score (nSPS) is 11.6. The summed E-state index contributed by atoms with van der Waals surface area (Å²) in [6.45, 7) is 0. The molecule has 0 fully saturated rings. The summed E-state index contributed by atoms with van der Waals surface area (Å²) in [7, 11) is 0. The van der Waals surface area contributed by atoms with Crippen LogP contribution in [0.25, 0.3) is 104 Å². The summed E-state index contributed by atoms with van der Waals surface area (Å²) in [6.07, 6.45) is 0. The van der Waals surface area contributed by atoms with Crippen LogP contribution < -0.4 is 0 Å². The number of hydrogen-bond acceptors (Lipinski definition) is 5. The molecule has 0 bridgehead atoms. The van der Waals surface area contributed by atoms with E-state index < -0.39 is 0 Å². The van der Waals surface area contributed by atoms with E-state index in [-0.39, 0.29) is 0 Å². The summed E-state index contributed by atoms with van der Waals surface area (Å²) in [5.41, 5.74) is 10.4. The minimum Gasteiger partial charge on any atom is -0.301 e.